The van der Waals surface area contributed by atoms with Crippen molar-refractivity contribution in [1.82, 2.24) is 40.4 Å². The summed E-state index contributed by atoms with van der Waals surface area (Å²) in [5.41, 5.74) is 9.84. The van der Waals surface area contributed by atoms with Crippen LogP contribution in [0, 0.1) is 5.92 Å². The molecule has 0 bridgehead atoms. The molecular weight excluding hydrogens is 777 g/mol. The average molecular weight is 827 g/mol. The fraction of sp³-hybridized carbons (Fsp3) is 0.391. The van der Waals surface area contributed by atoms with Gasteiger partial charge in [-0.3, -0.25) is 9.59 Å². The molecule has 1 aliphatic carbocycles. The number of nitrogens with zero attached hydrogens (tertiary/aromatic N) is 4. The first-order chi connectivity index (χ1) is 29.6. The van der Waals surface area contributed by atoms with E-state index in [9.17, 15) is 19.2 Å². The predicted octanol–water partition coefficient (Wildman–Crippen LogP) is 6.93. The van der Waals surface area contributed by atoms with Crippen LogP contribution in [0.1, 0.15) is 91.7 Å². The molecule has 2 fully saturated rings. The van der Waals surface area contributed by atoms with E-state index in [1.54, 1.807) is 0 Å². The zero-order valence-corrected chi connectivity index (χ0v) is 34.7. The molecule has 0 saturated carbocycles. The molecule has 3 aromatic carbocycles. The van der Waals surface area contributed by atoms with Crippen LogP contribution in [0.25, 0.3) is 33.6 Å². The fourth-order valence-corrected chi connectivity index (χ4v) is 9.37. The molecule has 4 amide bonds. The van der Waals surface area contributed by atoms with E-state index in [1.807, 2.05) is 60.2 Å². The standard InChI is InChI=1S/C46H50N8O7/c1-25(2)38(51-45(57)59-3)43(55)53-18-8-12-35(53)41-47-23-34(49-41)28-14-16-30-29(20-28)24-61-37-22-31-27(21-32(30)37)15-17-33-40(31)50-42(48-33)36-13-9-19-54(36)44(56)39(52-46(58)60-4)26-10-6-5-7-11-26/h5-7,10-11,14,16,20-23,25,35-36,38-39H,8-9,12-13,15,17-19,24H2,1-4H3,(H,47,49)(H,48,50)(H,51,57)(H,52,58)/t35?,36-,38?,39?/m0/s1. The highest BCUT2D eigenvalue weighted by atomic mass is 16.5. The second kappa shape index (κ2) is 16.4. The smallest absolute Gasteiger partial charge is 0.407 e. The van der Waals surface area contributed by atoms with Gasteiger partial charge in [0, 0.05) is 29.9 Å². The Bertz CT molecular complexity index is 2500. The van der Waals surface area contributed by atoms with Crippen LogP contribution in [-0.4, -0.2) is 87.1 Å². The fourth-order valence-electron chi connectivity index (χ4n) is 9.37. The molecule has 3 aliphatic heterocycles. The summed E-state index contributed by atoms with van der Waals surface area (Å²) in [7, 11) is 2.58. The van der Waals surface area contributed by atoms with Crippen molar-refractivity contribution in [3.05, 3.63) is 101 Å². The highest BCUT2D eigenvalue weighted by Gasteiger charge is 2.39. The molecule has 2 saturated heterocycles. The van der Waals surface area contributed by atoms with Crippen molar-refractivity contribution in [1.29, 1.82) is 0 Å². The normalized spacial score (nSPS) is 18.6. The topological polar surface area (TPSA) is 184 Å². The quantitative estimate of drug-likeness (QED) is 0.122. The number of H-pyrrole nitrogens is 2. The molecule has 2 aromatic heterocycles. The highest BCUT2D eigenvalue weighted by molar-refractivity contribution is 5.88. The number of fused-ring (bicyclic) bond motifs is 6. The molecule has 5 aromatic rings. The van der Waals surface area contributed by atoms with Gasteiger partial charge in [-0.2, -0.15) is 0 Å². The number of carbonyl (C=O) groups excluding carboxylic acids is 4. The molecule has 0 spiro atoms. The van der Waals surface area contributed by atoms with Gasteiger partial charge in [-0.05, 0) is 90.5 Å². The number of likely N-dealkylation sites (tertiary alicyclic amines) is 2. The van der Waals surface area contributed by atoms with Crippen LogP contribution < -0.4 is 15.4 Å². The first-order valence-corrected chi connectivity index (χ1v) is 21.0. The van der Waals surface area contributed by atoms with Crippen molar-refractivity contribution in [2.24, 2.45) is 5.92 Å². The minimum atomic E-state index is -0.888. The van der Waals surface area contributed by atoms with E-state index in [0.717, 1.165) is 95.0 Å². The van der Waals surface area contributed by atoms with Gasteiger partial charge in [-0.1, -0.05) is 56.3 Å². The third-order valence-corrected chi connectivity index (χ3v) is 12.5. The Morgan fingerprint density at radius 1 is 0.787 bits per heavy atom. The Labute approximate surface area is 353 Å². The third kappa shape index (κ3) is 7.46. The first kappa shape index (κ1) is 39.8. The summed E-state index contributed by atoms with van der Waals surface area (Å²) in [6.45, 7) is 5.34. The van der Waals surface area contributed by atoms with Crippen molar-refractivity contribution in [2.45, 2.75) is 83.1 Å². The zero-order chi connectivity index (χ0) is 42.4. The second-order valence-electron chi connectivity index (χ2n) is 16.5. The molecule has 3 unspecified atom stereocenters. The number of aromatic amines is 2. The number of alkyl carbamates (subject to hydrolysis) is 2. The predicted molar refractivity (Wildman–Crippen MR) is 225 cm³/mol. The molecule has 316 valence electrons. The molecule has 4 aliphatic rings. The van der Waals surface area contributed by atoms with Crippen molar-refractivity contribution in [3.63, 3.8) is 0 Å². The van der Waals surface area contributed by atoms with E-state index in [1.165, 1.54) is 19.8 Å². The molecule has 4 N–H and O–H groups in total. The molecular formula is C46H50N8O7. The van der Waals surface area contributed by atoms with Gasteiger partial charge in [0.1, 0.15) is 36.1 Å². The number of hydrogen-bond donors (Lipinski definition) is 4. The summed E-state index contributed by atoms with van der Waals surface area (Å²) in [5.74, 6) is 1.79. The monoisotopic (exact) mass is 826 g/mol. The number of aryl methyl sites for hydroxylation is 2. The van der Waals surface area contributed by atoms with Crippen molar-refractivity contribution in [3.8, 4) is 39.4 Å². The van der Waals surface area contributed by atoms with Crippen LogP contribution in [0.5, 0.6) is 5.75 Å². The number of rotatable bonds is 9. The molecule has 4 atom stereocenters. The van der Waals surface area contributed by atoms with Gasteiger partial charge in [-0.15, -0.1) is 0 Å². The van der Waals surface area contributed by atoms with Crippen molar-refractivity contribution in [2.75, 3.05) is 27.3 Å². The number of methoxy groups -OCH3 is 2. The maximum absolute atomic E-state index is 14.1. The second-order valence-corrected chi connectivity index (χ2v) is 16.5. The van der Waals surface area contributed by atoms with Crippen LogP contribution in [0.3, 0.4) is 0 Å². The minimum absolute atomic E-state index is 0.116. The first-order valence-electron chi connectivity index (χ1n) is 21.0. The lowest BCUT2D eigenvalue weighted by molar-refractivity contribution is -0.135. The molecule has 61 heavy (non-hydrogen) atoms. The summed E-state index contributed by atoms with van der Waals surface area (Å²) < 4.78 is 16.1. The Morgan fingerprint density at radius 2 is 1.51 bits per heavy atom. The maximum atomic E-state index is 14.1. The van der Waals surface area contributed by atoms with Crippen LogP contribution >= 0.6 is 0 Å². The van der Waals surface area contributed by atoms with E-state index >= 15 is 0 Å². The lowest BCUT2D eigenvalue weighted by Gasteiger charge is -2.30. The molecule has 5 heterocycles. The van der Waals surface area contributed by atoms with Crippen LogP contribution in [0.4, 0.5) is 9.59 Å². The average Bonchev–Trinajstić information content (AvgIpc) is 4.13. The Hall–Kier alpha value is -6.64. The maximum Gasteiger partial charge on any atom is 0.407 e. The number of nitrogens with one attached hydrogen (secondary N) is 4. The van der Waals surface area contributed by atoms with E-state index in [-0.39, 0.29) is 29.8 Å². The number of hydrogen-bond acceptors (Lipinski definition) is 9. The third-order valence-electron chi connectivity index (χ3n) is 12.5. The van der Waals surface area contributed by atoms with Gasteiger partial charge >= 0.3 is 12.2 Å². The zero-order valence-electron chi connectivity index (χ0n) is 34.7. The van der Waals surface area contributed by atoms with Crippen LogP contribution in [0.2, 0.25) is 0 Å². The lowest BCUT2D eigenvalue weighted by atomic mass is 9.86. The van der Waals surface area contributed by atoms with Crippen molar-refractivity contribution >= 4 is 24.0 Å². The number of aromatic nitrogens is 4. The summed E-state index contributed by atoms with van der Waals surface area (Å²) in [6, 6.07) is 17.8. The van der Waals surface area contributed by atoms with Gasteiger partial charge in [-0.25, -0.2) is 19.6 Å². The summed E-state index contributed by atoms with van der Waals surface area (Å²) in [4.78, 5) is 72.8. The summed E-state index contributed by atoms with van der Waals surface area (Å²) in [6.07, 6.45) is 5.31. The number of benzene rings is 3. The van der Waals surface area contributed by atoms with Crippen LogP contribution in [0.15, 0.2) is 66.9 Å². The summed E-state index contributed by atoms with van der Waals surface area (Å²) in [5, 5.41) is 5.45. The van der Waals surface area contributed by atoms with E-state index < -0.39 is 24.3 Å². The van der Waals surface area contributed by atoms with Crippen LogP contribution in [-0.2, 0) is 38.5 Å². The van der Waals surface area contributed by atoms with Gasteiger partial charge < -0.3 is 44.6 Å². The molecule has 15 nitrogen and oxygen atoms in total. The Morgan fingerprint density at radius 3 is 2.25 bits per heavy atom. The minimum Gasteiger partial charge on any atom is -0.488 e. The Balaban J connectivity index is 0.937. The number of ether oxygens (including phenoxy) is 3. The summed E-state index contributed by atoms with van der Waals surface area (Å²) >= 11 is 0. The Kier molecular flexibility index (Phi) is 10.7. The molecule has 9 rings (SSSR count). The molecule has 15 heteroatoms. The van der Waals surface area contributed by atoms with Crippen molar-refractivity contribution < 1.29 is 33.4 Å². The van der Waals surface area contributed by atoms with Gasteiger partial charge in [0.15, 0.2) is 0 Å². The van der Waals surface area contributed by atoms with Gasteiger partial charge in [0.05, 0.1) is 43.9 Å². The van der Waals surface area contributed by atoms with E-state index in [2.05, 4.69) is 50.9 Å². The number of carbonyl (C=O) groups is 4. The molecule has 0 radical (unpaired) electrons. The van der Waals surface area contributed by atoms with E-state index in [4.69, 9.17) is 24.2 Å². The highest BCUT2D eigenvalue weighted by Crippen LogP contribution is 2.46. The van der Waals surface area contributed by atoms with Gasteiger partial charge in [0.2, 0.25) is 5.91 Å². The number of imidazole rings is 2. The van der Waals surface area contributed by atoms with E-state index in [0.29, 0.717) is 31.1 Å². The lowest BCUT2D eigenvalue weighted by Crippen LogP contribution is -2.51. The largest absolute Gasteiger partial charge is 0.488 e. The SMILES string of the molecule is COC(=O)NC(C(=O)N1CCC[C@H]1c1nc2c([nH]1)CCc1cc3c(cc1-2)OCc1cc(-c2cnc(C4CCCN4C(=O)C(NC(=O)OC)C(C)C)[nH]2)ccc1-3)c1ccccc1. The number of amides is 4. The van der Waals surface area contributed by atoms with Gasteiger partial charge in [0.25, 0.3) is 5.91 Å².